The molecule has 4 rings (SSSR count). The molecule has 2 saturated heterocycles. The Morgan fingerprint density at radius 3 is 2.71 bits per heavy atom. The fraction of sp³-hybridized carbons (Fsp3) is 0.450. The maximum atomic E-state index is 13.9. The van der Waals surface area contributed by atoms with E-state index in [-0.39, 0.29) is 12.4 Å². The fourth-order valence-electron chi connectivity index (χ4n) is 4.06. The zero-order valence-electron chi connectivity index (χ0n) is 15.5. The van der Waals surface area contributed by atoms with Crippen molar-refractivity contribution in [1.29, 1.82) is 0 Å². The summed E-state index contributed by atoms with van der Waals surface area (Å²) in [5, 5.41) is 4.97. The van der Waals surface area contributed by atoms with Crippen LogP contribution in [0.3, 0.4) is 0 Å². The number of aryl methyl sites for hydroxylation is 1. The molecule has 0 radical (unpaired) electrons. The van der Waals surface area contributed by atoms with Crippen molar-refractivity contribution < 1.29 is 9.23 Å². The molecule has 2 aromatic rings. The lowest BCUT2D eigenvalue weighted by molar-refractivity contribution is 0.126. The van der Waals surface area contributed by atoms with Gasteiger partial charge in [0.25, 0.3) is 0 Å². The lowest BCUT2D eigenvalue weighted by Gasteiger charge is -2.36. The monoisotopic (exact) mass is 466 g/mol. The first-order valence-corrected chi connectivity index (χ1v) is 10.6. The molecule has 2 aliphatic rings. The molecule has 1 aromatic carbocycles. The summed E-state index contributed by atoms with van der Waals surface area (Å²) in [6.07, 6.45) is 6.14. The summed E-state index contributed by atoms with van der Waals surface area (Å²) in [6.45, 7) is 2.17. The van der Waals surface area contributed by atoms with Crippen molar-refractivity contribution in [2.24, 2.45) is 5.16 Å². The second-order valence-corrected chi connectivity index (χ2v) is 8.47. The van der Waals surface area contributed by atoms with Crippen LogP contribution in [0.1, 0.15) is 43.9 Å². The number of hydrogen-bond acceptors (Lipinski definition) is 5. The van der Waals surface area contributed by atoms with E-state index in [2.05, 4.69) is 36.0 Å². The first-order valence-electron chi connectivity index (χ1n) is 9.46. The minimum Gasteiger partial charge on any atom is -0.391 e. The van der Waals surface area contributed by atoms with Gasteiger partial charge in [0.15, 0.2) is 5.82 Å². The Morgan fingerprint density at radius 2 is 2.04 bits per heavy atom. The summed E-state index contributed by atoms with van der Waals surface area (Å²) in [4.78, 5) is 16.5. The highest BCUT2D eigenvalue weighted by Gasteiger charge is 2.41. The van der Waals surface area contributed by atoms with Crippen molar-refractivity contribution in [3.8, 4) is 0 Å². The topological polar surface area (TPSA) is 50.6 Å². The zero-order valence-corrected chi connectivity index (χ0v) is 17.9. The van der Waals surface area contributed by atoms with E-state index in [0.29, 0.717) is 27.1 Å². The van der Waals surface area contributed by atoms with Gasteiger partial charge in [0.1, 0.15) is 23.8 Å². The summed E-state index contributed by atoms with van der Waals surface area (Å²) in [5.74, 6) is 0.535. The van der Waals surface area contributed by atoms with Gasteiger partial charge in [-0.05, 0) is 31.4 Å². The maximum Gasteiger partial charge on any atom is 0.151 e. The molecule has 2 atom stereocenters. The molecule has 0 unspecified atom stereocenters. The number of benzene rings is 1. The largest absolute Gasteiger partial charge is 0.391 e. The van der Waals surface area contributed by atoms with Gasteiger partial charge in [-0.2, -0.15) is 0 Å². The van der Waals surface area contributed by atoms with Gasteiger partial charge in [-0.15, -0.1) is 0 Å². The third-order valence-corrected chi connectivity index (χ3v) is 6.29. The molecule has 0 aliphatic carbocycles. The first kappa shape index (κ1) is 19.6. The van der Waals surface area contributed by atoms with E-state index in [1.54, 1.807) is 18.5 Å². The van der Waals surface area contributed by atoms with E-state index < -0.39 is 0 Å². The van der Waals surface area contributed by atoms with E-state index in [1.165, 1.54) is 6.07 Å². The fourth-order valence-corrected chi connectivity index (χ4v) is 4.73. The predicted octanol–water partition coefficient (Wildman–Crippen LogP) is 5.30. The first-order chi connectivity index (χ1) is 13.6. The number of rotatable bonds is 5. The van der Waals surface area contributed by atoms with E-state index in [9.17, 15) is 4.39 Å². The summed E-state index contributed by atoms with van der Waals surface area (Å²) >= 11 is 9.81. The number of aromatic nitrogens is 2. The number of fused-ring (bicyclic) bond motifs is 2. The van der Waals surface area contributed by atoms with Crippen LogP contribution >= 0.6 is 27.5 Å². The highest BCUT2D eigenvalue weighted by Crippen LogP contribution is 2.40. The molecule has 0 saturated carbocycles. The maximum absolute atomic E-state index is 13.9. The minimum absolute atomic E-state index is 0.124. The SMILES string of the molecule is CCc1ncnc(N2[C@@H]3CC[C@H]2C/C(=N/OCc2ccc(Br)cc2F)C3)c1Cl. The van der Waals surface area contributed by atoms with Crippen molar-refractivity contribution >= 4 is 39.1 Å². The lowest BCUT2D eigenvalue weighted by atomic mass is 10.0. The molecule has 0 spiro atoms. The number of piperidine rings is 1. The molecule has 2 bridgehead atoms. The van der Waals surface area contributed by atoms with Crippen LogP contribution in [0, 0.1) is 5.82 Å². The van der Waals surface area contributed by atoms with E-state index in [0.717, 1.165) is 49.3 Å². The molecule has 3 heterocycles. The summed E-state index contributed by atoms with van der Waals surface area (Å²) in [7, 11) is 0. The standard InChI is InChI=1S/C20H21BrClFN4O/c1-2-18-19(22)20(25-11-24-18)27-15-5-6-16(27)9-14(8-15)26-28-10-12-3-4-13(21)7-17(12)23/h3-4,7,11,15-16H,2,5-6,8-10H2,1H3/b26-14-/t15-,16+/m0/s1. The highest BCUT2D eigenvalue weighted by atomic mass is 79.9. The summed E-state index contributed by atoms with van der Waals surface area (Å²) < 4.78 is 14.6. The third-order valence-electron chi connectivity index (χ3n) is 5.41. The van der Waals surface area contributed by atoms with Crippen LogP contribution in [0.2, 0.25) is 5.02 Å². The van der Waals surface area contributed by atoms with Crippen molar-refractivity contribution in [3.05, 3.63) is 51.1 Å². The number of halogens is 3. The molecular weight excluding hydrogens is 447 g/mol. The van der Waals surface area contributed by atoms with Crippen LogP contribution in [0.15, 0.2) is 34.2 Å². The average molecular weight is 468 g/mol. The quantitative estimate of drug-likeness (QED) is 0.560. The number of nitrogens with zero attached hydrogens (tertiary/aromatic N) is 4. The number of hydrogen-bond donors (Lipinski definition) is 0. The van der Waals surface area contributed by atoms with Crippen LogP contribution in [-0.2, 0) is 17.9 Å². The molecule has 148 valence electrons. The van der Waals surface area contributed by atoms with Gasteiger partial charge in [0.2, 0.25) is 0 Å². The Labute approximate surface area is 177 Å². The lowest BCUT2D eigenvalue weighted by Crippen LogP contribution is -2.44. The van der Waals surface area contributed by atoms with Crippen molar-refractivity contribution in [2.75, 3.05) is 4.90 Å². The highest BCUT2D eigenvalue weighted by molar-refractivity contribution is 9.10. The molecule has 0 amide bonds. The smallest absolute Gasteiger partial charge is 0.151 e. The van der Waals surface area contributed by atoms with Gasteiger partial charge < -0.3 is 9.74 Å². The second kappa shape index (κ2) is 8.33. The normalized spacial score (nSPS) is 22.7. The number of anilines is 1. The molecule has 0 N–H and O–H groups in total. The van der Waals surface area contributed by atoms with Crippen LogP contribution in [0.25, 0.3) is 0 Å². The third kappa shape index (κ3) is 3.87. The Bertz CT molecular complexity index is 894. The van der Waals surface area contributed by atoms with Gasteiger partial charge in [-0.1, -0.05) is 45.7 Å². The van der Waals surface area contributed by atoms with Crippen LogP contribution in [0.4, 0.5) is 10.2 Å². The van der Waals surface area contributed by atoms with Gasteiger partial charge in [-0.25, -0.2) is 14.4 Å². The van der Waals surface area contributed by atoms with Crippen molar-refractivity contribution in [1.82, 2.24) is 9.97 Å². The van der Waals surface area contributed by atoms with E-state index >= 15 is 0 Å². The molecule has 1 aromatic heterocycles. The predicted molar refractivity (Wildman–Crippen MR) is 111 cm³/mol. The number of oxime groups is 1. The van der Waals surface area contributed by atoms with Crippen LogP contribution in [-0.4, -0.2) is 27.8 Å². The van der Waals surface area contributed by atoms with Crippen molar-refractivity contribution in [2.45, 2.75) is 57.7 Å². The Hall–Kier alpha value is -1.73. The van der Waals surface area contributed by atoms with Crippen molar-refractivity contribution in [3.63, 3.8) is 0 Å². The van der Waals surface area contributed by atoms with Crippen LogP contribution < -0.4 is 4.90 Å². The van der Waals surface area contributed by atoms with Gasteiger partial charge in [-0.3, -0.25) is 0 Å². The molecule has 28 heavy (non-hydrogen) atoms. The Kier molecular flexibility index (Phi) is 5.83. The van der Waals surface area contributed by atoms with Gasteiger partial charge in [0.05, 0.1) is 11.4 Å². The molecule has 2 aliphatic heterocycles. The molecule has 8 heteroatoms. The summed E-state index contributed by atoms with van der Waals surface area (Å²) in [6, 6.07) is 5.55. The van der Waals surface area contributed by atoms with Gasteiger partial charge in [0, 0.05) is 35.0 Å². The Balaban J connectivity index is 1.44. The summed E-state index contributed by atoms with van der Waals surface area (Å²) in [5.41, 5.74) is 2.39. The van der Waals surface area contributed by atoms with Crippen LogP contribution in [0.5, 0.6) is 0 Å². The second-order valence-electron chi connectivity index (χ2n) is 7.18. The van der Waals surface area contributed by atoms with E-state index in [4.69, 9.17) is 16.4 Å². The molecule has 2 fully saturated rings. The zero-order chi connectivity index (χ0) is 19.7. The Morgan fingerprint density at radius 1 is 1.29 bits per heavy atom. The van der Waals surface area contributed by atoms with E-state index in [1.807, 2.05) is 6.92 Å². The minimum atomic E-state index is -0.297. The molecule has 5 nitrogen and oxygen atoms in total. The van der Waals surface area contributed by atoms with Gasteiger partial charge >= 0.3 is 0 Å². The average Bonchev–Trinajstić information content (AvgIpc) is 2.93. The molecular formula is C20H21BrClFN4O.